The number of aliphatic hydroxyl groups is 2. The molecule has 0 saturated carbocycles. The number of rotatable bonds is 7. The number of hydrogen-bond acceptors (Lipinski definition) is 2. The zero-order valence-corrected chi connectivity index (χ0v) is 7.92. The molecule has 0 bridgehead atoms. The maximum atomic E-state index is 9.38. The maximum Gasteiger partial charge on any atom is 0.0851 e. The van der Waals surface area contributed by atoms with Crippen molar-refractivity contribution in [3.05, 3.63) is 12.3 Å². The first-order valence-corrected chi connectivity index (χ1v) is 4.71. The van der Waals surface area contributed by atoms with Gasteiger partial charge >= 0.3 is 0 Å². The van der Waals surface area contributed by atoms with E-state index in [4.69, 9.17) is 5.11 Å². The normalized spacial score (nSPS) is 12.8. The minimum Gasteiger partial charge on any atom is -0.513 e. The molecule has 1 unspecified atom stereocenters. The fraction of sp³-hybridized carbons (Fsp3) is 0.800. The van der Waals surface area contributed by atoms with Crippen LogP contribution < -0.4 is 0 Å². The van der Waals surface area contributed by atoms with Gasteiger partial charge in [0.15, 0.2) is 0 Å². The first-order valence-electron chi connectivity index (χ1n) is 4.71. The van der Waals surface area contributed by atoms with Crippen LogP contribution in [-0.4, -0.2) is 16.3 Å². The van der Waals surface area contributed by atoms with Crippen molar-refractivity contribution in [1.82, 2.24) is 0 Å². The highest BCUT2D eigenvalue weighted by atomic mass is 16.3. The standard InChI is InChI=1S/C10H20O2/c1-3-4-7-10(12)8-5-6-9(2)11/h10-12H,2-8H2,1H3. The Morgan fingerprint density at radius 2 is 1.92 bits per heavy atom. The molecule has 0 aliphatic heterocycles. The average Bonchev–Trinajstić information content (AvgIpc) is 2.00. The number of hydrogen-bond donors (Lipinski definition) is 2. The summed E-state index contributed by atoms with van der Waals surface area (Å²) < 4.78 is 0. The largest absolute Gasteiger partial charge is 0.513 e. The van der Waals surface area contributed by atoms with Crippen LogP contribution in [0.5, 0.6) is 0 Å². The Kier molecular flexibility index (Phi) is 6.87. The second kappa shape index (κ2) is 7.17. The summed E-state index contributed by atoms with van der Waals surface area (Å²) in [6, 6.07) is 0. The topological polar surface area (TPSA) is 40.5 Å². The van der Waals surface area contributed by atoms with E-state index in [0.717, 1.165) is 32.1 Å². The summed E-state index contributed by atoms with van der Waals surface area (Å²) in [6.45, 7) is 5.50. The van der Waals surface area contributed by atoms with Crippen LogP contribution in [0.3, 0.4) is 0 Å². The highest BCUT2D eigenvalue weighted by molar-refractivity contribution is 4.78. The third-order valence-corrected chi connectivity index (χ3v) is 1.89. The Bertz CT molecular complexity index is 121. The van der Waals surface area contributed by atoms with Crippen LogP contribution in [-0.2, 0) is 0 Å². The lowest BCUT2D eigenvalue weighted by Crippen LogP contribution is -2.05. The van der Waals surface area contributed by atoms with Crippen molar-refractivity contribution >= 4 is 0 Å². The lowest BCUT2D eigenvalue weighted by molar-refractivity contribution is 0.148. The molecular weight excluding hydrogens is 152 g/mol. The van der Waals surface area contributed by atoms with Gasteiger partial charge in [0.05, 0.1) is 11.9 Å². The molecule has 12 heavy (non-hydrogen) atoms. The third-order valence-electron chi connectivity index (χ3n) is 1.89. The molecule has 0 spiro atoms. The van der Waals surface area contributed by atoms with Gasteiger partial charge in [0, 0.05) is 6.42 Å². The lowest BCUT2D eigenvalue weighted by Gasteiger charge is -2.08. The first-order chi connectivity index (χ1) is 5.66. The van der Waals surface area contributed by atoms with Crippen LogP contribution in [0, 0.1) is 0 Å². The monoisotopic (exact) mass is 172 g/mol. The molecule has 0 aliphatic carbocycles. The molecule has 0 aromatic heterocycles. The average molecular weight is 172 g/mol. The van der Waals surface area contributed by atoms with Gasteiger partial charge in [-0.2, -0.15) is 0 Å². The van der Waals surface area contributed by atoms with E-state index in [1.165, 1.54) is 0 Å². The second-order valence-corrected chi connectivity index (χ2v) is 3.25. The van der Waals surface area contributed by atoms with Crippen LogP contribution >= 0.6 is 0 Å². The van der Waals surface area contributed by atoms with Crippen molar-refractivity contribution < 1.29 is 10.2 Å². The number of aliphatic hydroxyl groups excluding tert-OH is 2. The van der Waals surface area contributed by atoms with Gasteiger partial charge in [0.25, 0.3) is 0 Å². The van der Waals surface area contributed by atoms with E-state index in [-0.39, 0.29) is 11.9 Å². The molecule has 0 radical (unpaired) electrons. The molecular formula is C10H20O2. The highest BCUT2D eigenvalue weighted by Gasteiger charge is 2.02. The SMILES string of the molecule is C=C(O)CCCC(O)CCCC. The Hall–Kier alpha value is -0.500. The van der Waals surface area contributed by atoms with E-state index in [1.807, 2.05) is 0 Å². The van der Waals surface area contributed by atoms with Gasteiger partial charge in [-0.05, 0) is 19.3 Å². The zero-order chi connectivity index (χ0) is 9.40. The van der Waals surface area contributed by atoms with E-state index < -0.39 is 0 Å². The van der Waals surface area contributed by atoms with E-state index >= 15 is 0 Å². The van der Waals surface area contributed by atoms with Crippen molar-refractivity contribution in [2.24, 2.45) is 0 Å². The fourth-order valence-electron chi connectivity index (χ4n) is 1.13. The van der Waals surface area contributed by atoms with Crippen LogP contribution in [0.4, 0.5) is 0 Å². The molecule has 0 fully saturated rings. The van der Waals surface area contributed by atoms with Gasteiger partial charge in [-0.1, -0.05) is 26.3 Å². The molecule has 2 nitrogen and oxygen atoms in total. The van der Waals surface area contributed by atoms with E-state index in [1.54, 1.807) is 0 Å². The van der Waals surface area contributed by atoms with Gasteiger partial charge in [0.1, 0.15) is 0 Å². The Morgan fingerprint density at radius 3 is 2.42 bits per heavy atom. The molecule has 0 saturated heterocycles. The molecule has 72 valence electrons. The second-order valence-electron chi connectivity index (χ2n) is 3.25. The number of unbranched alkanes of at least 4 members (excludes halogenated alkanes) is 1. The summed E-state index contributed by atoms with van der Waals surface area (Å²) in [7, 11) is 0. The summed E-state index contributed by atoms with van der Waals surface area (Å²) in [6.07, 6.45) is 5.13. The summed E-state index contributed by atoms with van der Waals surface area (Å²) in [5.41, 5.74) is 0. The van der Waals surface area contributed by atoms with Gasteiger partial charge in [-0.25, -0.2) is 0 Å². The minimum absolute atomic E-state index is 0.190. The summed E-state index contributed by atoms with van der Waals surface area (Å²) in [5, 5.41) is 18.1. The quantitative estimate of drug-likeness (QED) is 0.580. The summed E-state index contributed by atoms with van der Waals surface area (Å²) in [5.74, 6) is 0.220. The van der Waals surface area contributed by atoms with Gasteiger partial charge in [-0.15, -0.1) is 0 Å². The molecule has 1 atom stereocenters. The van der Waals surface area contributed by atoms with Crippen LogP contribution in [0.25, 0.3) is 0 Å². The number of allylic oxidation sites excluding steroid dienone is 1. The van der Waals surface area contributed by atoms with Crippen molar-refractivity contribution in [2.45, 2.75) is 51.6 Å². The maximum absolute atomic E-state index is 9.38. The molecule has 2 heteroatoms. The Labute approximate surface area is 74.9 Å². The van der Waals surface area contributed by atoms with Gasteiger partial charge in [0.2, 0.25) is 0 Å². The Balaban J connectivity index is 3.19. The third kappa shape index (κ3) is 7.61. The summed E-state index contributed by atoms with van der Waals surface area (Å²) >= 11 is 0. The van der Waals surface area contributed by atoms with Crippen molar-refractivity contribution in [3.8, 4) is 0 Å². The molecule has 0 aromatic rings. The van der Waals surface area contributed by atoms with Crippen LogP contribution in [0.2, 0.25) is 0 Å². The lowest BCUT2D eigenvalue weighted by atomic mass is 10.1. The predicted molar refractivity (Wildman–Crippen MR) is 51.2 cm³/mol. The van der Waals surface area contributed by atoms with E-state index in [2.05, 4.69) is 13.5 Å². The van der Waals surface area contributed by atoms with E-state index in [9.17, 15) is 5.11 Å². The smallest absolute Gasteiger partial charge is 0.0851 e. The fourth-order valence-corrected chi connectivity index (χ4v) is 1.13. The van der Waals surface area contributed by atoms with Crippen LogP contribution in [0.1, 0.15) is 45.4 Å². The minimum atomic E-state index is -0.190. The van der Waals surface area contributed by atoms with Gasteiger partial charge < -0.3 is 10.2 Å². The van der Waals surface area contributed by atoms with Crippen molar-refractivity contribution in [1.29, 1.82) is 0 Å². The van der Waals surface area contributed by atoms with Crippen molar-refractivity contribution in [2.75, 3.05) is 0 Å². The highest BCUT2D eigenvalue weighted by Crippen LogP contribution is 2.09. The molecule has 0 heterocycles. The predicted octanol–water partition coefficient (Wildman–Crippen LogP) is 2.78. The molecule has 0 aromatic carbocycles. The molecule has 0 rings (SSSR count). The molecule has 0 aliphatic rings. The molecule has 2 N–H and O–H groups in total. The summed E-state index contributed by atoms with van der Waals surface area (Å²) in [4.78, 5) is 0. The Morgan fingerprint density at radius 1 is 1.33 bits per heavy atom. The first kappa shape index (κ1) is 11.5. The van der Waals surface area contributed by atoms with Gasteiger partial charge in [-0.3, -0.25) is 0 Å². The van der Waals surface area contributed by atoms with Crippen LogP contribution in [0.15, 0.2) is 12.3 Å². The van der Waals surface area contributed by atoms with Crippen molar-refractivity contribution in [3.63, 3.8) is 0 Å². The zero-order valence-electron chi connectivity index (χ0n) is 7.92. The molecule has 0 amide bonds. The van der Waals surface area contributed by atoms with E-state index in [0.29, 0.717) is 6.42 Å².